The number of fused-ring (bicyclic) bond motifs is 2. The molecule has 7 nitrogen and oxygen atoms in total. The lowest BCUT2D eigenvalue weighted by Gasteiger charge is -2.37. The van der Waals surface area contributed by atoms with Crippen molar-refractivity contribution in [2.24, 2.45) is 0 Å². The summed E-state index contributed by atoms with van der Waals surface area (Å²) in [5.41, 5.74) is 2.34. The number of imide groups is 1. The number of benzene rings is 2. The number of nitrogens with zero attached hydrogens (tertiary/aromatic N) is 3. The van der Waals surface area contributed by atoms with E-state index < -0.39 is 16.7 Å². The lowest BCUT2D eigenvalue weighted by atomic mass is 9.87. The molecule has 2 amide bonds. The maximum Gasteiger partial charge on any atom is 0.282 e. The number of amides is 2. The summed E-state index contributed by atoms with van der Waals surface area (Å²) in [5.74, 6) is -1.00. The van der Waals surface area contributed by atoms with Gasteiger partial charge in [-0.15, -0.1) is 0 Å². The van der Waals surface area contributed by atoms with Crippen LogP contribution >= 0.6 is 0 Å². The maximum atomic E-state index is 13.0. The van der Waals surface area contributed by atoms with Crippen LogP contribution in [-0.4, -0.2) is 39.2 Å². The van der Waals surface area contributed by atoms with Crippen LogP contribution in [0.15, 0.2) is 42.5 Å². The van der Waals surface area contributed by atoms with Crippen molar-refractivity contribution in [3.63, 3.8) is 0 Å². The number of carbonyl (C=O) groups excluding carboxylic acids is 2. The summed E-state index contributed by atoms with van der Waals surface area (Å²) in [5, 5.41) is 11.4. The largest absolute Gasteiger partial charge is 0.282 e. The van der Waals surface area contributed by atoms with Crippen LogP contribution in [0.3, 0.4) is 0 Å². The predicted molar refractivity (Wildman–Crippen MR) is 105 cm³/mol. The molecular formula is C22H21N3O4. The van der Waals surface area contributed by atoms with Crippen LogP contribution in [0.1, 0.15) is 63.6 Å². The van der Waals surface area contributed by atoms with E-state index in [4.69, 9.17) is 0 Å². The molecule has 1 fully saturated rings. The molecule has 2 aromatic rings. The molecule has 7 heteroatoms. The second kappa shape index (κ2) is 6.77. The molecule has 148 valence electrons. The van der Waals surface area contributed by atoms with Crippen LogP contribution in [0.2, 0.25) is 0 Å². The Labute approximate surface area is 168 Å². The van der Waals surface area contributed by atoms with Gasteiger partial charge in [-0.25, -0.2) is 0 Å². The summed E-state index contributed by atoms with van der Waals surface area (Å²) >= 11 is 0. The van der Waals surface area contributed by atoms with E-state index in [1.54, 1.807) is 0 Å². The van der Waals surface area contributed by atoms with Crippen LogP contribution in [0, 0.1) is 10.1 Å². The minimum absolute atomic E-state index is 0.0812. The Morgan fingerprint density at radius 2 is 1.83 bits per heavy atom. The van der Waals surface area contributed by atoms with Gasteiger partial charge in [0.2, 0.25) is 0 Å². The average Bonchev–Trinajstić information content (AvgIpc) is 3.54. The van der Waals surface area contributed by atoms with Gasteiger partial charge >= 0.3 is 0 Å². The quantitative estimate of drug-likeness (QED) is 0.441. The highest BCUT2D eigenvalue weighted by Gasteiger charge is 2.45. The number of nitro groups is 1. The van der Waals surface area contributed by atoms with Crippen molar-refractivity contribution in [2.75, 3.05) is 6.67 Å². The van der Waals surface area contributed by atoms with Crippen molar-refractivity contribution >= 4 is 17.5 Å². The number of carbonyl (C=O) groups is 2. The van der Waals surface area contributed by atoms with Gasteiger partial charge in [0.1, 0.15) is 5.56 Å². The number of nitro benzene ring substituents is 1. The van der Waals surface area contributed by atoms with E-state index in [1.165, 1.54) is 34.2 Å². The van der Waals surface area contributed by atoms with Crippen LogP contribution in [0.25, 0.3) is 0 Å². The smallest absolute Gasteiger partial charge is 0.275 e. The monoisotopic (exact) mass is 391 g/mol. The molecule has 3 aliphatic rings. The highest BCUT2D eigenvalue weighted by molar-refractivity contribution is 6.23. The first-order valence-electron chi connectivity index (χ1n) is 10.0. The Balaban J connectivity index is 1.48. The zero-order valence-electron chi connectivity index (χ0n) is 15.9. The van der Waals surface area contributed by atoms with Crippen molar-refractivity contribution in [1.82, 2.24) is 9.80 Å². The second-order valence-corrected chi connectivity index (χ2v) is 7.99. The molecule has 1 saturated carbocycles. The molecule has 2 aromatic carbocycles. The highest BCUT2D eigenvalue weighted by Crippen LogP contribution is 2.41. The van der Waals surface area contributed by atoms with Gasteiger partial charge in [-0.1, -0.05) is 30.3 Å². The summed E-state index contributed by atoms with van der Waals surface area (Å²) in [6.07, 6.45) is 5.18. The van der Waals surface area contributed by atoms with Crippen LogP contribution in [0.5, 0.6) is 0 Å². The number of aryl methyl sites for hydroxylation is 1. The van der Waals surface area contributed by atoms with Gasteiger partial charge in [0.15, 0.2) is 0 Å². The highest BCUT2D eigenvalue weighted by atomic mass is 16.6. The van der Waals surface area contributed by atoms with Crippen molar-refractivity contribution < 1.29 is 14.5 Å². The molecule has 0 spiro atoms. The molecule has 1 aliphatic heterocycles. The van der Waals surface area contributed by atoms with Crippen molar-refractivity contribution in [2.45, 2.75) is 44.2 Å². The normalized spacial score (nSPS) is 20.7. The predicted octanol–water partition coefficient (Wildman–Crippen LogP) is 3.69. The Morgan fingerprint density at radius 3 is 2.59 bits per heavy atom. The van der Waals surface area contributed by atoms with E-state index in [0.29, 0.717) is 6.04 Å². The van der Waals surface area contributed by atoms with E-state index in [-0.39, 0.29) is 29.5 Å². The van der Waals surface area contributed by atoms with Gasteiger partial charge in [0.05, 0.1) is 17.2 Å². The summed E-state index contributed by atoms with van der Waals surface area (Å²) in [4.78, 5) is 40.2. The molecule has 0 saturated heterocycles. The first kappa shape index (κ1) is 18.0. The van der Waals surface area contributed by atoms with E-state index in [0.717, 1.165) is 32.1 Å². The third-order valence-corrected chi connectivity index (χ3v) is 6.23. The minimum Gasteiger partial charge on any atom is -0.275 e. The van der Waals surface area contributed by atoms with Crippen molar-refractivity contribution in [1.29, 1.82) is 0 Å². The lowest BCUT2D eigenvalue weighted by molar-refractivity contribution is -0.385. The maximum absolute atomic E-state index is 13.0. The summed E-state index contributed by atoms with van der Waals surface area (Å²) in [7, 11) is 0. The zero-order chi connectivity index (χ0) is 20.1. The van der Waals surface area contributed by atoms with Gasteiger partial charge in [-0.3, -0.25) is 29.5 Å². The average molecular weight is 391 g/mol. The molecule has 0 radical (unpaired) electrons. The van der Waals surface area contributed by atoms with E-state index >= 15 is 0 Å². The molecule has 1 heterocycles. The Hall–Kier alpha value is -3.06. The SMILES string of the molecule is O=C1c2cccc([N+](=O)[O-])c2C(=O)N1CN(C1CC1)[C@@H]1CCCc2ccccc21. The summed E-state index contributed by atoms with van der Waals surface area (Å²) < 4.78 is 0. The van der Waals surface area contributed by atoms with E-state index in [9.17, 15) is 19.7 Å². The fourth-order valence-electron chi connectivity index (χ4n) is 4.71. The molecule has 29 heavy (non-hydrogen) atoms. The van der Waals surface area contributed by atoms with Crippen LogP contribution in [-0.2, 0) is 6.42 Å². The number of hydrogen-bond donors (Lipinski definition) is 0. The van der Waals surface area contributed by atoms with Crippen LogP contribution in [0.4, 0.5) is 5.69 Å². The Kier molecular flexibility index (Phi) is 4.20. The van der Waals surface area contributed by atoms with Gasteiger partial charge in [0.25, 0.3) is 17.5 Å². The van der Waals surface area contributed by atoms with Gasteiger partial charge in [-0.05, 0) is 49.3 Å². The summed E-state index contributed by atoms with van der Waals surface area (Å²) in [6.45, 7) is 0.174. The van der Waals surface area contributed by atoms with E-state index in [1.807, 2.05) is 12.1 Å². The van der Waals surface area contributed by atoms with Crippen LogP contribution < -0.4 is 0 Å². The standard InChI is InChI=1S/C22H21N3O4/c26-21-17-8-4-10-19(25(28)29)20(17)22(27)24(21)13-23(15-11-12-15)18-9-3-6-14-5-1-2-7-16(14)18/h1-2,4-5,7-8,10,15,18H,3,6,9,11-13H2/t18-/m1/s1. The van der Waals surface area contributed by atoms with Crippen molar-refractivity contribution in [3.8, 4) is 0 Å². The Morgan fingerprint density at radius 1 is 1.03 bits per heavy atom. The third kappa shape index (κ3) is 2.93. The zero-order valence-corrected chi connectivity index (χ0v) is 15.9. The fourth-order valence-corrected chi connectivity index (χ4v) is 4.71. The molecular weight excluding hydrogens is 370 g/mol. The first-order valence-corrected chi connectivity index (χ1v) is 10.0. The molecule has 0 aromatic heterocycles. The second-order valence-electron chi connectivity index (χ2n) is 7.99. The first-order chi connectivity index (χ1) is 14.1. The fraction of sp³-hybridized carbons (Fsp3) is 0.364. The molecule has 5 rings (SSSR count). The lowest BCUT2D eigenvalue weighted by Crippen LogP contribution is -2.44. The molecule has 2 aliphatic carbocycles. The Bertz CT molecular complexity index is 1030. The molecule has 0 unspecified atom stereocenters. The summed E-state index contributed by atoms with van der Waals surface area (Å²) in [6, 6.07) is 13.1. The molecule has 1 atom stereocenters. The van der Waals surface area contributed by atoms with Gasteiger partial charge < -0.3 is 0 Å². The molecule has 0 bridgehead atoms. The van der Waals surface area contributed by atoms with Crippen molar-refractivity contribution in [3.05, 3.63) is 74.8 Å². The minimum atomic E-state index is -0.594. The van der Waals surface area contributed by atoms with Gasteiger partial charge in [0, 0.05) is 18.2 Å². The number of rotatable bonds is 5. The molecule has 0 N–H and O–H groups in total. The van der Waals surface area contributed by atoms with Gasteiger partial charge in [-0.2, -0.15) is 0 Å². The number of hydrogen-bond acceptors (Lipinski definition) is 5. The topological polar surface area (TPSA) is 83.8 Å². The van der Waals surface area contributed by atoms with E-state index in [2.05, 4.69) is 17.0 Å². The third-order valence-electron chi connectivity index (χ3n) is 6.23.